The van der Waals surface area contributed by atoms with Gasteiger partial charge in [-0.15, -0.1) is 0 Å². The first-order valence-electron chi connectivity index (χ1n) is 6.14. The second kappa shape index (κ2) is 4.69. The van der Waals surface area contributed by atoms with E-state index >= 15 is 0 Å². The molecule has 1 unspecified atom stereocenters. The van der Waals surface area contributed by atoms with Gasteiger partial charge in [-0.2, -0.15) is 0 Å². The molecule has 0 amide bonds. The van der Waals surface area contributed by atoms with Gasteiger partial charge in [0.15, 0.2) is 0 Å². The van der Waals surface area contributed by atoms with Crippen LogP contribution in [0.3, 0.4) is 0 Å². The minimum absolute atomic E-state index is 0.765. The normalized spacial score (nSPS) is 21.7. The number of benzene rings is 1. The number of piperidine rings is 1. The van der Waals surface area contributed by atoms with Crippen molar-refractivity contribution < 1.29 is 0 Å². The molecule has 0 saturated carbocycles. The maximum absolute atomic E-state index is 2.59. The summed E-state index contributed by atoms with van der Waals surface area (Å²) in [5.74, 6) is 0. The highest BCUT2D eigenvalue weighted by Gasteiger charge is 2.20. The second-order valence-corrected chi connectivity index (χ2v) is 4.59. The number of hydrogen-bond acceptors (Lipinski definition) is 1. The number of hydrogen-bond donors (Lipinski definition) is 0. The fraction of sp³-hybridized carbons (Fsp3) is 0.571. The summed E-state index contributed by atoms with van der Waals surface area (Å²) in [5, 5.41) is 0. The van der Waals surface area contributed by atoms with E-state index in [1.165, 1.54) is 43.5 Å². The van der Waals surface area contributed by atoms with E-state index in [-0.39, 0.29) is 0 Å². The van der Waals surface area contributed by atoms with Crippen LogP contribution in [0.5, 0.6) is 0 Å². The van der Waals surface area contributed by atoms with Gasteiger partial charge in [0.2, 0.25) is 0 Å². The first kappa shape index (κ1) is 10.5. The van der Waals surface area contributed by atoms with E-state index in [0.29, 0.717) is 0 Å². The molecule has 0 aliphatic carbocycles. The van der Waals surface area contributed by atoms with Gasteiger partial charge in [0, 0.05) is 18.3 Å². The third-order valence-electron chi connectivity index (χ3n) is 3.46. The molecule has 0 aromatic heterocycles. The van der Waals surface area contributed by atoms with Gasteiger partial charge in [0.25, 0.3) is 0 Å². The van der Waals surface area contributed by atoms with Gasteiger partial charge in [0.1, 0.15) is 0 Å². The van der Waals surface area contributed by atoms with Gasteiger partial charge in [0.05, 0.1) is 0 Å². The summed E-state index contributed by atoms with van der Waals surface area (Å²) in [5.41, 5.74) is 2.76. The van der Waals surface area contributed by atoms with Gasteiger partial charge in [-0.25, -0.2) is 0 Å². The molecule has 1 nitrogen and oxygen atoms in total. The van der Waals surface area contributed by atoms with Gasteiger partial charge >= 0.3 is 0 Å². The van der Waals surface area contributed by atoms with E-state index in [4.69, 9.17) is 0 Å². The van der Waals surface area contributed by atoms with E-state index in [1.807, 2.05) is 0 Å². The summed E-state index contributed by atoms with van der Waals surface area (Å²) in [4.78, 5) is 2.59. The van der Waals surface area contributed by atoms with Crippen molar-refractivity contribution in [2.45, 2.75) is 45.6 Å². The Hall–Kier alpha value is -0.980. The Labute approximate surface area is 93.1 Å². The fourth-order valence-electron chi connectivity index (χ4n) is 2.50. The highest BCUT2D eigenvalue weighted by Crippen LogP contribution is 2.26. The standard InChI is InChI=1S/C14H21N/c1-3-13-6-4-5-11-15(13)14-9-7-12(2)8-10-14/h7-10,13H,3-6,11H2,1-2H3. The largest absolute Gasteiger partial charge is 0.369 e. The Balaban J connectivity index is 2.16. The lowest BCUT2D eigenvalue weighted by atomic mass is 9.99. The van der Waals surface area contributed by atoms with Crippen molar-refractivity contribution in [3.63, 3.8) is 0 Å². The maximum atomic E-state index is 2.59. The highest BCUT2D eigenvalue weighted by atomic mass is 15.2. The average molecular weight is 203 g/mol. The SMILES string of the molecule is CCC1CCCCN1c1ccc(C)cc1. The van der Waals surface area contributed by atoms with E-state index in [0.717, 1.165) is 6.04 Å². The van der Waals surface area contributed by atoms with E-state index < -0.39 is 0 Å². The van der Waals surface area contributed by atoms with Crippen LogP contribution in [0.25, 0.3) is 0 Å². The maximum Gasteiger partial charge on any atom is 0.0368 e. The minimum atomic E-state index is 0.765. The quantitative estimate of drug-likeness (QED) is 0.707. The van der Waals surface area contributed by atoms with Crippen LogP contribution in [0, 0.1) is 6.92 Å². The molecule has 0 spiro atoms. The Bertz CT molecular complexity index is 302. The van der Waals surface area contributed by atoms with Crippen molar-refractivity contribution in [3.05, 3.63) is 29.8 Å². The molecule has 1 aliphatic rings. The molecule has 0 radical (unpaired) electrons. The van der Waals surface area contributed by atoms with Crippen molar-refractivity contribution in [1.29, 1.82) is 0 Å². The van der Waals surface area contributed by atoms with Crippen molar-refractivity contribution >= 4 is 5.69 Å². The van der Waals surface area contributed by atoms with E-state index in [1.54, 1.807) is 0 Å². The lowest BCUT2D eigenvalue weighted by Crippen LogP contribution is -2.39. The topological polar surface area (TPSA) is 3.24 Å². The zero-order valence-electron chi connectivity index (χ0n) is 9.87. The molecule has 1 saturated heterocycles. The van der Waals surface area contributed by atoms with Crippen LogP contribution >= 0.6 is 0 Å². The van der Waals surface area contributed by atoms with Crippen molar-refractivity contribution in [1.82, 2.24) is 0 Å². The Morgan fingerprint density at radius 2 is 1.93 bits per heavy atom. The fourth-order valence-corrected chi connectivity index (χ4v) is 2.50. The van der Waals surface area contributed by atoms with Gasteiger partial charge in [-0.1, -0.05) is 24.6 Å². The monoisotopic (exact) mass is 203 g/mol. The molecule has 1 aromatic carbocycles. The third-order valence-corrected chi connectivity index (χ3v) is 3.46. The first-order valence-corrected chi connectivity index (χ1v) is 6.14. The van der Waals surface area contributed by atoms with Crippen molar-refractivity contribution in [2.75, 3.05) is 11.4 Å². The number of aryl methyl sites for hydroxylation is 1. The Morgan fingerprint density at radius 1 is 1.20 bits per heavy atom. The summed E-state index contributed by atoms with van der Waals surface area (Å²) in [6.45, 7) is 5.69. The molecular weight excluding hydrogens is 182 g/mol. The van der Waals surface area contributed by atoms with Crippen LogP contribution < -0.4 is 4.90 Å². The molecule has 1 heteroatoms. The predicted octanol–water partition coefficient (Wildman–Crippen LogP) is 3.76. The average Bonchev–Trinajstić information content (AvgIpc) is 2.30. The molecule has 0 N–H and O–H groups in total. The third kappa shape index (κ3) is 2.34. The van der Waals surface area contributed by atoms with Crippen LogP contribution in [0.4, 0.5) is 5.69 Å². The lowest BCUT2D eigenvalue weighted by molar-refractivity contribution is 0.450. The summed E-state index contributed by atoms with van der Waals surface area (Å²) in [7, 11) is 0. The first-order chi connectivity index (χ1) is 7.31. The second-order valence-electron chi connectivity index (χ2n) is 4.59. The summed E-state index contributed by atoms with van der Waals surface area (Å²) in [6.07, 6.45) is 5.39. The zero-order chi connectivity index (χ0) is 10.7. The summed E-state index contributed by atoms with van der Waals surface area (Å²) >= 11 is 0. The zero-order valence-corrected chi connectivity index (χ0v) is 9.87. The predicted molar refractivity (Wildman–Crippen MR) is 66.5 cm³/mol. The van der Waals surface area contributed by atoms with Crippen molar-refractivity contribution in [3.8, 4) is 0 Å². The van der Waals surface area contributed by atoms with Gasteiger partial charge in [-0.05, 0) is 44.7 Å². The molecule has 1 aromatic rings. The molecule has 1 heterocycles. The van der Waals surface area contributed by atoms with Crippen LogP contribution in [0.15, 0.2) is 24.3 Å². The van der Waals surface area contributed by atoms with Crippen LogP contribution in [0.2, 0.25) is 0 Å². The molecule has 2 rings (SSSR count). The lowest BCUT2D eigenvalue weighted by Gasteiger charge is -2.37. The molecule has 82 valence electrons. The van der Waals surface area contributed by atoms with E-state index in [2.05, 4.69) is 43.0 Å². The Kier molecular flexibility index (Phi) is 3.30. The highest BCUT2D eigenvalue weighted by molar-refractivity contribution is 5.48. The smallest absolute Gasteiger partial charge is 0.0368 e. The Morgan fingerprint density at radius 3 is 2.60 bits per heavy atom. The van der Waals surface area contributed by atoms with Crippen molar-refractivity contribution in [2.24, 2.45) is 0 Å². The van der Waals surface area contributed by atoms with Gasteiger partial charge in [-0.3, -0.25) is 0 Å². The molecule has 15 heavy (non-hydrogen) atoms. The van der Waals surface area contributed by atoms with Crippen LogP contribution in [-0.2, 0) is 0 Å². The summed E-state index contributed by atoms with van der Waals surface area (Å²) in [6, 6.07) is 9.74. The van der Waals surface area contributed by atoms with E-state index in [9.17, 15) is 0 Å². The summed E-state index contributed by atoms with van der Waals surface area (Å²) < 4.78 is 0. The molecule has 1 atom stereocenters. The number of anilines is 1. The molecule has 1 aliphatic heterocycles. The number of nitrogens with zero attached hydrogens (tertiary/aromatic N) is 1. The number of rotatable bonds is 2. The van der Waals surface area contributed by atoms with Crippen LogP contribution in [0.1, 0.15) is 38.2 Å². The molecular formula is C14H21N. The minimum Gasteiger partial charge on any atom is -0.369 e. The van der Waals surface area contributed by atoms with Gasteiger partial charge < -0.3 is 4.90 Å². The van der Waals surface area contributed by atoms with Crippen LogP contribution in [-0.4, -0.2) is 12.6 Å². The molecule has 1 fully saturated rings. The molecule has 0 bridgehead atoms.